The molecule has 1 N–H and O–H groups in total. The molecule has 0 atom stereocenters. The van der Waals surface area contributed by atoms with Crippen LogP contribution >= 0.6 is 11.8 Å². The third-order valence-electron chi connectivity index (χ3n) is 4.78. The number of benzene rings is 1. The number of nitrogens with zero attached hydrogens (tertiary/aromatic N) is 2. The predicted octanol–water partition coefficient (Wildman–Crippen LogP) is 6.28. The van der Waals surface area contributed by atoms with E-state index < -0.39 is 0 Å². The van der Waals surface area contributed by atoms with Crippen LogP contribution in [0, 0.1) is 13.8 Å². The molecule has 1 aromatic heterocycles. The number of hydrogen-bond acceptors (Lipinski definition) is 3. The van der Waals surface area contributed by atoms with Gasteiger partial charge in [-0.1, -0.05) is 57.9 Å². The van der Waals surface area contributed by atoms with E-state index in [2.05, 4.69) is 57.4 Å². The summed E-state index contributed by atoms with van der Waals surface area (Å²) in [5.41, 5.74) is 3.80. The summed E-state index contributed by atoms with van der Waals surface area (Å²) in [5.74, 6) is 1.53. The number of aromatic nitrogens is 2. The lowest BCUT2D eigenvalue weighted by atomic mass is 10.1. The minimum atomic E-state index is 0.221. The molecular formula is C23H36N2OS. The highest BCUT2D eigenvalue weighted by molar-refractivity contribution is 7.99. The van der Waals surface area contributed by atoms with Gasteiger partial charge in [-0.25, -0.2) is 4.98 Å². The summed E-state index contributed by atoms with van der Waals surface area (Å²) >= 11 is 1.85. The van der Waals surface area contributed by atoms with Crippen LogP contribution in [0.15, 0.2) is 28.1 Å². The smallest absolute Gasteiger partial charge is 0.109 e. The third-order valence-corrected chi connectivity index (χ3v) is 5.87. The summed E-state index contributed by atoms with van der Waals surface area (Å²) < 4.78 is 2.43. The van der Waals surface area contributed by atoms with Gasteiger partial charge in [0.2, 0.25) is 0 Å². The van der Waals surface area contributed by atoms with E-state index in [4.69, 9.17) is 4.98 Å². The zero-order valence-corrected chi connectivity index (χ0v) is 18.5. The van der Waals surface area contributed by atoms with Crippen molar-refractivity contribution in [2.45, 2.75) is 95.5 Å². The second-order valence-corrected chi connectivity index (χ2v) is 8.90. The van der Waals surface area contributed by atoms with E-state index in [9.17, 15) is 5.11 Å². The van der Waals surface area contributed by atoms with Crippen molar-refractivity contribution in [3.63, 3.8) is 0 Å². The molecule has 0 spiro atoms. The number of unbranched alkanes of at least 4 members (excludes halogenated alkanes) is 3. The molecule has 4 heteroatoms. The molecule has 0 aliphatic rings. The molecule has 0 radical (unpaired) electrons. The molecule has 0 aliphatic heterocycles. The monoisotopic (exact) mass is 388 g/mol. The van der Waals surface area contributed by atoms with Crippen LogP contribution in [0.25, 0.3) is 0 Å². The fourth-order valence-corrected chi connectivity index (χ4v) is 4.85. The first kappa shape index (κ1) is 22.0. The molecule has 27 heavy (non-hydrogen) atoms. The van der Waals surface area contributed by atoms with Gasteiger partial charge in [-0.05, 0) is 55.9 Å². The third kappa shape index (κ3) is 6.39. The molecule has 0 saturated carbocycles. The van der Waals surface area contributed by atoms with E-state index in [1.54, 1.807) is 0 Å². The van der Waals surface area contributed by atoms with Crippen LogP contribution in [0.5, 0.6) is 0 Å². The van der Waals surface area contributed by atoms with Crippen molar-refractivity contribution in [3.8, 4) is 0 Å². The SMILES string of the molecule is CCCCCCn1c(CCCO)nc(C(C)C)c1Sc1cc(C)cc(C)c1. The van der Waals surface area contributed by atoms with Gasteiger partial charge in [0.25, 0.3) is 0 Å². The van der Waals surface area contributed by atoms with Crippen LogP contribution in [0.4, 0.5) is 0 Å². The van der Waals surface area contributed by atoms with Gasteiger partial charge in [-0.15, -0.1) is 0 Å². The van der Waals surface area contributed by atoms with Crippen LogP contribution < -0.4 is 0 Å². The van der Waals surface area contributed by atoms with Crippen LogP contribution in [-0.2, 0) is 13.0 Å². The Balaban J connectivity index is 2.38. The van der Waals surface area contributed by atoms with Gasteiger partial charge in [0.15, 0.2) is 0 Å². The highest BCUT2D eigenvalue weighted by Gasteiger charge is 2.20. The fourth-order valence-electron chi connectivity index (χ4n) is 3.44. The lowest BCUT2D eigenvalue weighted by Gasteiger charge is -2.14. The number of aliphatic hydroxyl groups excluding tert-OH is 1. The first-order valence-electron chi connectivity index (χ1n) is 10.4. The first-order chi connectivity index (χ1) is 13.0. The molecule has 0 unspecified atom stereocenters. The molecule has 0 fully saturated rings. The first-order valence-corrected chi connectivity index (χ1v) is 11.2. The zero-order chi connectivity index (χ0) is 19.8. The fraction of sp³-hybridized carbons (Fsp3) is 0.609. The van der Waals surface area contributed by atoms with Crippen LogP contribution in [0.1, 0.15) is 81.4 Å². The molecule has 1 heterocycles. The number of hydrogen-bond donors (Lipinski definition) is 1. The van der Waals surface area contributed by atoms with E-state index in [1.807, 2.05) is 11.8 Å². The molecular weight excluding hydrogens is 352 g/mol. The Labute approximate surface area is 169 Å². The van der Waals surface area contributed by atoms with Crippen LogP contribution in [0.3, 0.4) is 0 Å². The Kier molecular flexibility index (Phi) is 8.91. The summed E-state index contributed by atoms with van der Waals surface area (Å²) in [7, 11) is 0. The van der Waals surface area contributed by atoms with E-state index in [1.165, 1.54) is 52.4 Å². The standard InChI is InChI=1S/C23H36N2OS/c1-6-7-8-9-12-25-21(11-10-13-26)24-22(17(2)3)23(25)27-20-15-18(4)14-19(5)16-20/h14-17,26H,6-13H2,1-5H3. The van der Waals surface area contributed by atoms with E-state index in [0.717, 1.165) is 25.2 Å². The van der Waals surface area contributed by atoms with Crippen molar-refractivity contribution >= 4 is 11.8 Å². The van der Waals surface area contributed by atoms with Gasteiger partial charge < -0.3 is 9.67 Å². The van der Waals surface area contributed by atoms with Crippen LogP contribution in [0.2, 0.25) is 0 Å². The van der Waals surface area contributed by atoms with Crippen molar-refractivity contribution in [2.24, 2.45) is 0 Å². The second-order valence-electron chi connectivity index (χ2n) is 7.84. The zero-order valence-electron chi connectivity index (χ0n) is 17.7. The molecule has 1 aromatic carbocycles. The summed E-state index contributed by atoms with van der Waals surface area (Å²) in [5, 5.41) is 10.6. The number of imidazole rings is 1. The summed E-state index contributed by atoms with van der Waals surface area (Å²) in [4.78, 5) is 6.31. The largest absolute Gasteiger partial charge is 0.396 e. The molecule has 0 amide bonds. The minimum Gasteiger partial charge on any atom is -0.396 e. The van der Waals surface area contributed by atoms with Gasteiger partial charge in [-0.2, -0.15) is 0 Å². The second kappa shape index (κ2) is 10.9. The van der Waals surface area contributed by atoms with Gasteiger partial charge in [0.1, 0.15) is 10.9 Å². The molecule has 2 aromatic rings. The van der Waals surface area contributed by atoms with Crippen molar-refractivity contribution in [1.82, 2.24) is 9.55 Å². The Morgan fingerprint density at radius 1 is 1.04 bits per heavy atom. The van der Waals surface area contributed by atoms with E-state index >= 15 is 0 Å². The number of aryl methyl sites for hydroxylation is 3. The number of rotatable bonds is 11. The Hall–Kier alpha value is -1.26. The van der Waals surface area contributed by atoms with Crippen molar-refractivity contribution in [3.05, 3.63) is 40.8 Å². The molecule has 2 rings (SSSR count). The van der Waals surface area contributed by atoms with E-state index in [0.29, 0.717) is 5.92 Å². The highest BCUT2D eigenvalue weighted by Crippen LogP contribution is 2.36. The van der Waals surface area contributed by atoms with E-state index in [-0.39, 0.29) is 6.61 Å². The highest BCUT2D eigenvalue weighted by atomic mass is 32.2. The Bertz CT molecular complexity index is 701. The van der Waals surface area contributed by atoms with Gasteiger partial charge in [0.05, 0.1) is 5.69 Å². The molecule has 150 valence electrons. The molecule has 0 aliphatic carbocycles. The van der Waals surface area contributed by atoms with Crippen molar-refractivity contribution in [2.75, 3.05) is 6.61 Å². The quantitative estimate of drug-likeness (QED) is 0.460. The Morgan fingerprint density at radius 3 is 2.33 bits per heavy atom. The average molecular weight is 389 g/mol. The van der Waals surface area contributed by atoms with Crippen LogP contribution in [-0.4, -0.2) is 21.3 Å². The maximum atomic E-state index is 9.30. The molecule has 0 saturated heterocycles. The maximum absolute atomic E-state index is 9.30. The predicted molar refractivity (Wildman–Crippen MR) is 116 cm³/mol. The lowest BCUT2D eigenvalue weighted by Crippen LogP contribution is -2.07. The van der Waals surface area contributed by atoms with Crippen molar-refractivity contribution in [1.29, 1.82) is 0 Å². The minimum absolute atomic E-state index is 0.221. The Morgan fingerprint density at radius 2 is 1.74 bits per heavy atom. The van der Waals surface area contributed by atoms with Crippen molar-refractivity contribution < 1.29 is 5.11 Å². The summed E-state index contributed by atoms with van der Waals surface area (Å²) in [6, 6.07) is 6.76. The lowest BCUT2D eigenvalue weighted by molar-refractivity contribution is 0.286. The van der Waals surface area contributed by atoms with Gasteiger partial charge in [-0.3, -0.25) is 0 Å². The van der Waals surface area contributed by atoms with Gasteiger partial charge >= 0.3 is 0 Å². The van der Waals surface area contributed by atoms with Gasteiger partial charge in [0, 0.05) is 24.5 Å². The maximum Gasteiger partial charge on any atom is 0.109 e. The molecule has 0 bridgehead atoms. The average Bonchev–Trinajstić information content (AvgIpc) is 2.93. The summed E-state index contributed by atoms with van der Waals surface area (Å²) in [6.45, 7) is 12.3. The normalized spacial score (nSPS) is 11.5. The topological polar surface area (TPSA) is 38.0 Å². The number of aliphatic hydroxyl groups is 1. The molecule has 3 nitrogen and oxygen atoms in total. The summed E-state index contributed by atoms with van der Waals surface area (Å²) in [6.07, 6.45) is 6.61.